The van der Waals surface area contributed by atoms with Gasteiger partial charge in [-0.3, -0.25) is 4.79 Å². The summed E-state index contributed by atoms with van der Waals surface area (Å²) in [7, 11) is 0. The molecule has 0 unspecified atom stereocenters. The standard InChI is InChI=1S/C16H9BrN2O2/c17-11-5-6-14(10(7-11)8-18)19-16(20)13-9-21-15-4-2-1-3-12(13)15/h1-7,9H,(H,19,20). The van der Waals surface area contributed by atoms with E-state index < -0.39 is 0 Å². The van der Waals surface area contributed by atoms with Crippen LogP contribution in [0.2, 0.25) is 0 Å². The van der Waals surface area contributed by atoms with Gasteiger partial charge in [0, 0.05) is 9.86 Å². The van der Waals surface area contributed by atoms with Crippen molar-refractivity contribution >= 4 is 38.5 Å². The lowest BCUT2D eigenvalue weighted by atomic mass is 10.1. The van der Waals surface area contributed by atoms with Crippen molar-refractivity contribution in [1.82, 2.24) is 0 Å². The first kappa shape index (κ1) is 13.4. The molecule has 102 valence electrons. The van der Waals surface area contributed by atoms with Crippen molar-refractivity contribution in [3.05, 3.63) is 64.3 Å². The fraction of sp³-hybridized carbons (Fsp3) is 0. The molecule has 5 heteroatoms. The number of fused-ring (bicyclic) bond motifs is 1. The summed E-state index contributed by atoms with van der Waals surface area (Å²) in [5.41, 5.74) is 1.96. The molecule has 0 saturated carbocycles. The molecular weight excluding hydrogens is 332 g/mol. The number of nitrogens with zero attached hydrogens (tertiary/aromatic N) is 1. The predicted molar refractivity (Wildman–Crippen MR) is 83.0 cm³/mol. The number of benzene rings is 2. The molecule has 0 aliphatic rings. The first-order valence-corrected chi connectivity index (χ1v) is 6.95. The number of nitriles is 1. The Bertz CT molecular complexity index is 877. The lowest BCUT2D eigenvalue weighted by Crippen LogP contribution is -2.12. The highest BCUT2D eigenvalue weighted by Crippen LogP contribution is 2.24. The molecule has 0 aliphatic heterocycles. The molecule has 0 bridgehead atoms. The largest absolute Gasteiger partial charge is 0.463 e. The molecule has 21 heavy (non-hydrogen) atoms. The second-order valence-corrected chi connectivity index (χ2v) is 5.32. The minimum Gasteiger partial charge on any atom is -0.463 e. The van der Waals surface area contributed by atoms with Crippen LogP contribution in [-0.2, 0) is 0 Å². The van der Waals surface area contributed by atoms with Crippen molar-refractivity contribution in [2.24, 2.45) is 0 Å². The van der Waals surface area contributed by atoms with Gasteiger partial charge in [-0.15, -0.1) is 0 Å². The monoisotopic (exact) mass is 340 g/mol. The van der Waals surface area contributed by atoms with Crippen LogP contribution < -0.4 is 5.32 Å². The smallest absolute Gasteiger partial charge is 0.259 e. The van der Waals surface area contributed by atoms with Crippen LogP contribution in [-0.4, -0.2) is 5.91 Å². The topological polar surface area (TPSA) is 66.0 Å². The molecular formula is C16H9BrN2O2. The molecule has 1 aromatic heterocycles. The van der Waals surface area contributed by atoms with Crippen LogP contribution in [0.25, 0.3) is 11.0 Å². The summed E-state index contributed by atoms with van der Waals surface area (Å²) in [5, 5.41) is 12.6. The van der Waals surface area contributed by atoms with Gasteiger partial charge in [0.05, 0.1) is 16.8 Å². The van der Waals surface area contributed by atoms with E-state index in [2.05, 4.69) is 27.3 Å². The average molecular weight is 341 g/mol. The number of nitrogens with one attached hydrogen (secondary N) is 1. The Balaban J connectivity index is 1.96. The van der Waals surface area contributed by atoms with Gasteiger partial charge in [-0.25, -0.2) is 0 Å². The summed E-state index contributed by atoms with van der Waals surface area (Å²) in [6.45, 7) is 0. The van der Waals surface area contributed by atoms with E-state index in [4.69, 9.17) is 9.68 Å². The summed E-state index contributed by atoms with van der Waals surface area (Å²) in [4.78, 5) is 12.4. The Morgan fingerprint density at radius 3 is 2.86 bits per heavy atom. The predicted octanol–water partition coefficient (Wildman–Crippen LogP) is 4.32. The fourth-order valence-corrected chi connectivity index (χ4v) is 2.42. The highest BCUT2D eigenvalue weighted by atomic mass is 79.9. The average Bonchev–Trinajstić information content (AvgIpc) is 2.93. The van der Waals surface area contributed by atoms with Gasteiger partial charge >= 0.3 is 0 Å². The lowest BCUT2D eigenvalue weighted by Gasteiger charge is -2.06. The Hall–Kier alpha value is -2.58. The van der Waals surface area contributed by atoms with Gasteiger partial charge in [-0.2, -0.15) is 5.26 Å². The summed E-state index contributed by atoms with van der Waals surface area (Å²) in [5.74, 6) is -0.307. The van der Waals surface area contributed by atoms with Crippen LogP contribution in [0.5, 0.6) is 0 Å². The Labute approximate surface area is 129 Å². The van der Waals surface area contributed by atoms with Gasteiger partial charge in [-0.05, 0) is 24.3 Å². The molecule has 1 heterocycles. The zero-order valence-electron chi connectivity index (χ0n) is 10.8. The molecule has 1 N–H and O–H groups in total. The third-order valence-corrected chi connectivity index (χ3v) is 3.57. The van der Waals surface area contributed by atoms with E-state index in [9.17, 15) is 4.79 Å². The van der Waals surface area contributed by atoms with Crippen LogP contribution in [0.4, 0.5) is 5.69 Å². The number of carbonyl (C=O) groups excluding carboxylic acids is 1. The molecule has 2 aromatic carbocycles. The van der Waals surface area contributed by atoms with Crippen molar-refractivity contribution < 1.29 is 9.21 Å². The fourth-order valence-electron chi connectivity index (χ4n) is 2.06. The van der Waals surface area contributed by atoms with Crippen LogP contribution >= 0.6 is 15.9 Å². The van der Waals surface area contributed by atoms with Crippen LogP contribution in [0, 0.1) is 11.3 Å². The SMILES string of the molecule is N#Cc1cc(Br)ccc1NC(=O)c1coc2ccccc12. The first-order chi connectivity index (χ1) is 10.2. The maximum Gasteiger partial charge on any atom is 0.259 e. The highest BCUT2D eigenvalue weighted by Gasteiger charge is 2.15. The van der Waals surface area contributed by atoms with Crippen LogP contribution in [0.3, 0.4) is 0 Å². The second-order valence-electron chi connectivity index (χ2n) is 4.40. The Morgan fingerprint density at radius 1 is 1.24 bits per heavy atom. The van der Waals surface area contributed by atoms with Crippen molar-refractivity contribution in [2.75, 3.05) is 5.32 Å². The number of amides is 1. The zero-order valence-corrected chi connectivity index (χ0v) is 12.3. The second kappa shape index (κ2) is 5.43. The van der Waals surface area contributed by atoms with E-state index in [1.165, 1.54) is 6.26 Å². The Morgan fingerprint density at radius 2 is 2.05 bits per heavy atom. The summed E-state index contributed by atoms with van der Waals surface area (Å²) in [6, 6.07) is 14.5. The van der Waals surface area contributed by atoms with Crippen molar-refractivity contribution in [1.29, 1.82) is 5.26 Å². The van der Waals surface area contributed by atoms with Gasteiger partial charge in [0.15, 0.2) is 0 Å². The van der Waals surface area contributed by atoms with E-state index in [1.54, 1.807) is 24.3 Å². The minimum absolute atomic E-state index is 0.307. The van der Waals surface area contributed by atoms with Crippen LogP contribution in [0.1, 0.15) is 15.9 Å². The molecule has 3 rings (SSSR count). The molecule has 0 saturated heterocycles. The number of hydrogen-bond acceptors (Lipinski definition) is 3. The van der Waals surface area contributed by atoms with E-state index in [0.717, 1.165) is 9.86 Å². The Kier molecular flexibility index (Phi) is 3.46. The number of halogens is 1. The number of anilines is 1. The maximum atomic E-state index is 12.4. The molecule has 0 fully saturated rings. The van der Waals surface area contributed by atoms with Gasteiger partial charge in [0.1, 0.15) is 17.9 Å². The van der Waals surface area contributed by atoms with Crippen molar-refractivity contribution in [3.8, 4) is 6.07 Å². The zero-order chi connectivity index (χ0) is 14.8. The minimum atomic E-state index is -0.307. The number of hydrogen-bond donors (Lipinski definition) is 1. The van der Waals surface area contributed by atoms with E-state index in [1.807, 2.05) is 18.2 Å². The van der Waals surface area contributed by atoms with Crippen molar-refractivity contribution in [2.45, 2.75) is 0 Å². The van der Waals surface area contributed by atoms with Crippen molar-refractivity contribution in [3.63, 3.8) is 0 Å². The number of furan rings is 1. The molecule has 0 spiro atoms. The molecule has 1 amide bonds. The number of rotatable bonds is 2. The molecule has 4 nitrogen and oxygen atoms in total. The number of para-hydroxylation sites is 1. The third kappa shape index (κ3) is 2.54. The normalized spacial score (nSPS) is 10.3. The number of carbonyl (C=O) groups is 1. The summed E-state index contributed by atoms with van der Waals surface area (Å²) >= 11 is 3.30. The molecule has 0 radical (unpaired) electrons. The van der Waals surface area contributed by atoms with Gasteiger partial charge < -0.3 is 9.73 Å². The highest BCUT2D eigenvalue weighted by molar-refractivity contribution is 9.10. The van der Waals surface area contributed by atoms with Gasteiger partial charge in [0.25, 0.3) is 5.91 Å². The molecule has 0 aliphatic carbocycles. The first-order valence-electron chi connectivity index (χ1n) is 6.16. The lowest BCUT2D eigenvalue weighted by molar-refractivity contribution is 0.102. The van der Waals surface area contributed by atoms with Crippen LogP contribution in [0.15, 0.2) is 57.6 Å². The quantitative estimate of drug-likeness (QED) is 0.755. The maximum absolute atomic E-state index is 12.4. The third-order valence-electron chi connectivity index (χ3n) is 3.08. The van der Waals surface area contributed by atoms with Gasteiger partial charge in [0.2, 0.25) is 0 Å². The van der Waals surface area contributed by atoms with Gasteiger partial charge in [-0.1, -0.05) is 34.1 Å². The molecule has 0 atom stereocenters. The summed E-state index contributed by atoms with van der Waals surface area (Å²) in [6.07, 6.45) is 1.42. The summed E-state index contributed by atoms with van der Waals surface area (Å²) < 4.78 is 6.13. The van der Waals surface area contributed by atoms with E-state index >= 15 is 0 Å². The molecule has 3 aromatic rings. The van der Waals surface area contributed by atoms with E-state index in [0.29, 0.717) is 22.4 Å². The van der Waals surface area contributed by atoms with E-state index in [-0.39, 0.29) is 5.91 Å².